The van der Waals surface area contributed by atoms with Crippen molar-refractivity contribution >= 4 is 17.6 Å². The molecule has 8 nitrogen and oxygen atoms in total. The van der Waals surface area contributed by atoms with Gasteiger partial charge in [-0.1, -0.05) is 18.2 Å². The van der Waals surface area contributed by atoms with Gasteiger partial charge >= 0.3 is 12.1 Å². The smallest absolute Gasteiger partial charge is 0.416 e. The first-order valence-corrected chi connectivity index (χ1v) is 15.4. The molecule has 0 aliphatic carbocycles. The number of carboxylic acid groups (broad SMARTS) is 1. The maximum atomic E-state index is 14.0. The van der Waals surface area contributed by atoms with Crippen LogP contribution in [0.2, 0.25) is 0 Å². The molecule has 3 aliphatic heterocycles. The zero-order valence-electron chi connectivity index (χ0n) is 25.4. The van der Waals surface area contributed by atoms with Crippen LogP contribution in [-0.4, -0.2) is 93.4 Å². The lowest BCUT2D eigenvalue weighted by Gasteiger charge is -2.38. The number of aliphatic carboxylic acids is 1. The molecule has 0 aromatic heterocycles. The number of rotatable bonds is 9. The summed E-state index contributed by atoms with van der Waals surface area (Å²) in [5.74, 6) is -0.601. The van der Waals surface area contributed by atoms with Gasteiger partial charge in [0.2, 0.25) is 5.91 Å². The number of likely N-dealkylation sites (tertiary alicyclic amines) is 2. The van der Waals surface area contributed by atoms with Crippen LogP contribution in [0.15, 0.2) is 42.5 Å². The highest BCUT2D eigenvalue weighted by Gasteiger charge is 2.41. The number of carbonyl (C=O) groups is 2. The number of hydrogen-bond acceptors (Lipinski definition) is 6. The molecule has 0 spiro atoms. The number of nitrogens with zero attached hydrogens (tertiary/aromatic N) is 3. The minimum absolute atomic E-state index is 0.00713. The van der Waals surface area contributed by atoms with E-state index in [1.807, 2.05) is 34.1 Å². The normalized spacial score (nSPS) is 22.4. The summed E-state index contributed by atoms with van der Waals surface area (Å²) in [6.45, 7) is 4.61. The fourth-order valence-electron chi connectivity index (χ4n) is 7.08. The van der Waals surface area contributed by atoms with E-state index in [2.05, 4.69) is 4.90 Å². The van der Waals surface area contributed by atoms with Crippen LogP contribution in [0.3, 0.4) is 0 Å². The molecule has 3 fully saturated rings. The average molecular weight is 618 g/mol. The summed E-state index contributed by atoms with van der Waals surface area (Å²) in [6, 6.07) is 11.9. The van der Waals surface area contributed by atoms with Gasteiger partial charge in [-0.3, -0.25) is 14.5 Å². The van der Waals surface area contributed by atoms with Gasteiger partial charge < -0.3 is 24.4 Å². The van der Waals surface area contributed by atoms with E-state index in [9.17, 15) is 27.9 Å². The molecule has 3 saturated heterocycles. The van der Waals surface area contributed by atoms with Crippen molar-refractivity contribution in [3.63, 3.8) is 0 Å². The number of carboxylic acids is 1. The van der Waals surface area contributed by atoms with Crippen molar-refractivity contribution < 1.29 is 37.3 Å². The summed E-state index contributed by atoms with van der Waals surface area (Å²) >= 11 is 0. The van der Waals surface area contributed by atoms with Gasteiger partial charge in [-0.25, -0.2) is 0 Å². The van der Waals surface area contributed by atoms with Crippen LogP contribution in [-0.2, 0) is 20.5 Å². The Morgan fingerprint density at radius 2 is 1.61 bits per heavy atom. The van der Waals surface area contributed by atoms with Gasteiger partial charge in [0, 0.05) is 64.5 Å². The molecule has 1 amide bonds. The van der Waals surface area contributed by atoms with Crippen molar-refractivity contribution in [3.8, 4) is 5.75 Å². The number of amides is 1. The molecule has 44 heavy (non-hydrogen) atoms. The molecule has 0 saturated carbocycles. The van der Waals surface area contributed by atoms with E-state index < -0.39 is 23.6 Å². The maximum Gasteiger partial charge on any atom is 0.416 e. The molecule has 2 aromatic rings. The Hall–Kier alpha value is -3.31. The zero-order valence-corrected chi connectivity index (χ0v) is 25.4. The van der Waals surface area contributed by atoms with E-state index in [4.69, 9.17) is 9.47 Å². The lowest BCUT2D eigenvalue weighted by Crippen LogP contribution is -2.43. The molecule has 240 valence electrons. The van der Waals surface area contributed by atoms with Crippen LogP contribution in [0.5, 0.6) is 5.75 Å². The predicted molar refractivity (Wildman–Crippen MR) is 160 cm³/mol. The van der Waals surface area contributed by atoms with Gasteiger partial charge in [0.1, 0.15) is 5.75 Å². The van der Waals surface area contributed by atoms with E-state index in [0.717, 1.165) is 36.0 Å². The number of alkyl halides is 3. The molecule has 3 aliphatic rings. The Labute approximate surface area is 256 Å². The van der Waals surface area contributed by atoms with Gasteiger partial charge in [0.05, 0.1) is 31.1 Å². The number of hydrogen-bond donors (Lipinski definition) is 1. The number of methoxy groups -OCH3 is 2. The first-order valence-electron chi connectivity index (χ1n) is 15.4. The zero-order chi connectivity index (χ0) is 31.4. The molecule has 3 heterocycles. The second-order valence-electron chi connectivity index (χ2n) is 12.2. The molecule has 5 rings (SSSR count). The van der Waals surface area contributed by atoms with Gasteiger partial charge in [-0.05, 0) is 67.0 Å². The predicted octanol–water partition coefficient (Wildman–Crippen LogP) is 5.08. The molecule has 2 atom stereocenters. The first kappa shape index (κ1) is 32.1. The van der Waals surface area contributed by atoms with Gasteiger partial charge in [0.15, 0.2) is 0 Å². The summed E-state index contributed by atoms with van der Waals surface area (Å²) in [5, 5.41) is 9.39. The number of carbonyl (C=O) groups excluding carboxylic acids is 1. The van der Waals surface area contributed by atoms with Crippen molar-refractivity contribution in [2.45, 2.75) is 43.7 Å². The highest BCUT2D eigenvalue weighted by Crippen LogP contribution is 2.41. The van der Waals surface area contributed by atoms with Crippen LogP contribution < -0.4 is 9.64 Å². The second kappa shape index (κ2) is 13.8. The third-order valence-electron chi connectivity index (χ3n) is 9.66. The Bertz CT molecular complexity index is 1290. The lowest BCUT2D eigenvalue weighted by atomic mass is 9.84. The standard InChI is InChI=1S/C33H42F3N3O5/c1-43-18-17-37-20-28(22-3-6-26(44-2)7-4-22)29(21-37)31(40)39-15-9-23(10-16-39)27-8-5-25(33(34,35)36)19-30(27)38-13-11-24(12-14-38)32(41)42/h3-8,19,23-24,28-29H,9-18,20-21H2,1-2H3,(H,41,42)/t28-,29?/m0/s1. The number of ether oxygens (including phenoxy) is 2. The van der Waals surface area contributed by atoms with Crippen LogP contribution in [0, 0.1) is 11.8 Å². The van der Waals surface area contributed by atoms with Crippen molar-refractivity contribution in [2.75, 3.05) is 71.5 Å². The quantitative estimate of drug-likeness (QED) is 0.420. The summed E-state index contributed by atoms with van der Waals surface area (Å²) in [6.07, 6.45) is -2.36. The second-order valence-corrected chi connectivity index (χ2v) is 12.2. The Kier molecular flexibility index (Phi) is 10.0. The van der Waals surface area contributed by atoms with Gasteiger partial charge in [0.25, 0.3) is 0 Å². The Balaban J connectivity index is 1.30. The van der Waals surface area contributed by atoms with Crippen LogP contribution in [0.4, 0.5) is 18.9 Å². The Morgan fingerprint density at radius 1 is 0.932 bits per heavy atom. The molecular weight excluding hydrogens is 575 g/mol. The summed E-state index contributed by atoms with van der Waals surface area (Å²) in [7, 11) is 3.30. The van der Waals surface area contributed by atoms with E-state index >= 15 is 0 Å². The Morgan fingerprint density at radius 3 is 2.20 bits per heavy atom. The van der Waals surface area contributed by atoms with Crippen molar-refractivity contribution in [2.24, 2.45) is 11.8 Å². The third-order valence-corrected chi connectivity index (χ3v) is 9.66. The number of halogens is 3. The van der Waals surface area contributed by atoms with E-state index in [1.54, 1.807) is 20.3 Å². The minimum Gasteiger partial charge on any atom is -0.497 e. The maximum absolute atomic E-state index is 14.0. The lowest BCUT2D eigenvalue weighted by molar-refractivity contribution is -0.142. The topological polar surface area (TPSA) is 82.6 Å². The first-order chi connectivity index (χ1) is 21.1. The summed E-state index contributed by atoms with van der Waals surface area (Å²) in [5.41, 5.74) is 1.78. The van der Waals surface area contributed by atoms with Crippen molar-refractivity contribution in [3.05, 3.63) is 59.2 Å². The number of piperidine rings is 2. The molecule has 0 radical (unpaired) electrons. The SMILES string of the molecule is COCCN1CC(C(=O)N2CCC(c3ccc(C(F)(F)F)cc3N3CCC(C(=O)O)CC3)CC2)[C@H](c2ccc(OC)cc2)C1. The average Bonchev–Trinajstić information content (AvgIpc) is 3.47. The molecule has 1 N–H and O–H groups in total. The van der Waals surface area contributed by atoms with Gasteiger partial charge in [-0.2, -0.15) is 13.2 Å². The highest BCUT2D eigenvalue weighted by molar-refractivity contribution is 5.81. The highest BCUT2D eigenvalue weighted by atomic mass is 19.4. The molecule has 0 bridgehead atoms. The molecular formula is C33H42F3N3O5. The van der Waals surface area contributed by atoms with E-state index in [1.165, 1.54) is 6.07 Å². The third kappa shape index (κ3) is 7.15. The summed E-state index contributed by atoms with van der Waals surface area (Å²) in [4.78, 5) is 31.6. The molecule has 1 unspecified atom stereocenters. The fourth-order valence-corrected chi connectivity index (χ4v) is 7.08. The number of benzene rings is 2. The van der Waals surface area contributed by atoms with Crippen molar-refractivity contribution in [1.29, 1.82) is 0 Å². The van der Waals surface area contributed by atoms with Crippen molar-refractivity contribution in [1.82, 2.24) is 9.80 Å². The largest absolute Gasteiger partial charge is 0.497 e. The van der Waals surface area contributed by atoms with E-state index in [-0.39, 0.29) is 23.7 Å². The molecule has 11 heteroatoms. The molecule has 2 aromatic carbocycles. The van der Waals surface area contributed by atoms with Gasteiger partial charge in [-0.15, -0.1) is 0 Å². The fraction of sp³-hybridized carbons (Fsp3) is 0.576. The summed E-state index contributed by atoms with van der Waals surface area (Å²) < 4.78 is 51.7. The monoisotopic (exact) mass is 617 g/mol. The van der Waals surface area contributed by atoms with Crippen LogP contribution in [0.25, 0.3) is 0 Å². The number of anilines is 1. The van der Waals surface area contributed by atoms with Crippen LogP contribution >= 0.6 is 0 Å². The minimum atomic E-state index is -4.47. The van der Waals surface area contributed by atoms with Crippen LogP contribution in [0.1, 0.15) is 54.2 Å². The van der Waals surface area contributed by atoms with E-state index in [0.29, 0.717) is 70.7 Å².